The third-order valence-electron chi connectivity index (χ3n) is 6.86. The van der Waals surface area contributed by atoms with Gasteiger partial charge in [0.2, 0.25) is 11.8 Å². The van der Waals surface area contributed by atoms with Gasteiger partial charge in [0.25, 0.3) is 0 Å². The van der Waals surface area contributed by atoms with Crippen LogP contribution in [0.15, 0.2) is 30.5 Å². The summed E-state index contributed by atoms with van der Waals surface area (Å²) < 4.78 is 0. The van der Waals surface area contributed by atoms with Crippen molar-refractivity contribution in [2.75, 3.05) is 0 Å². The van der Waals surface area contributed by atoms with E-state index in [0.717, 1.165) is 35.7 Å². The molecule has 2 aromatic rings. The third-order valence-corrected chi connectivity index (χ3v) is 6.86. The van der Waals surface area contributed by atoms with Gasteiger partial charge >= 0.3 is 0 Å². The summed E-state index contributed by atoms with van der Waals surface area (Å²) in [6.07, 6.45) is 9.05. The van der Waals surface area contributed by atoms with E-state index >= 15 is 0 Å². The normalized spacial score (nSPS) is 31.9. The second kappa shape index (κ2) is 5.86. The molecule has 2 amide bonds. The number of hydrazine groups is 1. The molecule has 4 saturated carbocycles. The first-order chi connectivity index (χ1) is 12.6. The fraction of sp³-hybridized carbons (Fsp3) is 0.524. The molecule has 4 bridgehead atoms. The van der Waals surface area contributed by atoms with Crippen molar-refractivity contribution in [1.82, 2.24) is 15.8 Å². The largest absolute Gasteiger partial charge is 0.361 e. The van der Waals surface area contributed by atoms with Crippen LogP contribution in [0.2, 0.25) is 0 Å². The average Bonchev–Trinajstić information content (AvgIpc) is 3.01. The molecular weight excluding hydrogens is 326 g/mol. The van der Waals surface area contributed by atoms with Crippen LogP contribution in [-0.4, -0.2) is 16.8 Å². The van der Waals surface area contributed by atoms with Gasteiger partial charge in [0.15, 0.2) is 0 Å². The minimum atomic E-state index is -0.233. The first kappa shape index (κ1) is 15.9. The molecule has 0 atom stereocenters. The Kier molecular flexibility index (Phi) is 3.59. The minimum Gasteiger partial charge on any atom is -0.361 e. The number of amides is 2. The number of rotatable bonds is 3. The lowest BCUT2D eigenvalue weighted by Gasteiger charge is -2.55. The van der Waals surface area contributed by atoms with Crippen molar-refractivity contribution < 1.29 is 9.59 Å². The van der Waals surface area contributed by atoms with Crippen LogP contribution in [0.1, 0.15) is 44.1 Å². The molecule has 4 aliphatic carbocycles. The number of nitrogens with one attached hydrogen (secondary N) is 3. The Labute approximate surface area is 152 Å². The number of carbonyl (C=O) groups excluding carboxylic acids is 2. The smallest absolute Gasteiger partial charge is 0.244 e. The number of hydrogen-bond donors (Lipinski definition) is 3. The molecular formula is C21H25N3O2. The lowest BCUT2D eigenvalue weighted by atomic mass is 9.49. The molecule has 3 N–H and O–H groups in total. The summed E-state index contributed by atoms with van der Waals surface area (Å²) in [7, 11) is 0. The first-order valence-electron chi connectivity index (χ1n) is 9.75. The number of aromatic nitrogens is 1. The number of aromatic amines is 1. The summed E-state index contributed by atoms with van der Waals surface area (Å²) in [5.74, 6) is 2.01. The molecule has 5 nitrogen and oxygen atoms in total. The Morgan fingerprint density at radius 2 is 1.65 bits per heavy atom. The van der Waals surface area contributed by atoms with Gasteiger partial charge in [0.05, 0.1) is 11.8 Å². The van der Waals surface area contributed by atoms with E-state index in [2.05, 4.69) is 15.8 Å². The van der Waals surface area contributed by atoms with Crippen LogP contribution in [-0.2, 0) is 16.0 Å². The van der Waals surface area contributed by atoms with Crippen LogP contribution >= 0.6 is 0 Å². The van der Waals surface area contributed by atoms with E-state index < -0.39 is 0 Å². The summed E-state index contributed by atoms with van der Waals surface area (Å²) in [5.41, 5.74) is 7.14. The van der Waals surface area contributed by atoms with Crippen molar-refractivity contribution in [3.05, 3.63) is 36.0 Å². The maximum atomic E-state index is 12.9. The highest BCUT2D eigenvalue weighted by atomic mass is 16.2. The minimum absolute atomic E-state index is 0.0314. The Hall–Kier alpha value is -2.30. The van der Waals surface area contributed by atoms with Gasteiger partial charge in [0.1, 0.15) is 0 Å². The molecule has 0 unspecified atom stereocenters. The number of benzene rings is 1. The van der Waals surface area contributed by atoms with Crippen LogP contribution in [0.5, 0.6) is 0 Å². The van der Waals surface area contributed by atoms with Crippen molar-refractivity contribution in [3.8, 4) is 0 Å². The molecule has 6 rings (SSSR count). The fourth-order valence-electron chi connectivity index (χ4n) is 6.14. The molecule has 1 aromatic carbocycles. The van der Waals surface area contributed by atoms with Gasteiger partial charge in [-0.3, -0.25) is 20.4 Å². The van der Waals surface area contributed by atoms with Crippen LogP contribution in [0.4, 0.5) is 0 Å². The van der Waals surface area contributed by atoms with Gasteiger partial charge < -0.3 is 4.98 Å². The Morgan fingerprint density at radius 3 is 2.35 bits per heavy atom. The third kappa shape index (κ3) is 2.61. The molecule has 136 valence electrons. The van der Waals surface area contributed by atoms with Crippen molar-refractivity contribution in [2.24, 2.45) is 23.2 Å². The van der Waals surface area contributed by atoms with E-state index in [1.54, 1.807) is 0 Å². The Morgan fingerprint density at radius 1 is 1.00 bits per heavy atom. The van der Waals surface area contributed by atoms with E-state index in [1.807, 2.05) is 30.5 Å². The summed E-state index contributed by atoms with van der Waals surface area (Å²) in [6.45, 7) is 0. The second-order valence-corrected chi connectivity index (χ2v) is 8.74. The maximum absolute atomic E-state index is 12.9. The number of carbonyl (C=O) groups is 2. The van der Waals surface area contributed by atoms with Gasteiger partial charge in [-0.05, 0) is 67.9 Å². The van der Waals surface area contributed by atoms with Crippen molar-refractivity contribution >= 4 is 22.7 Å². The van der Waals surface area contributed by atoms with Crippen molar-refractivity contribution in [1.29, 1.82) is 0 Å². The van der Waals surface area contributed by atoms with Gasteiger partial charge in [-0.1, -0.05) is 18.2 Å². The van der Waals surface area contributed by atoms with Gasteiger partial charge in [0, 0.05) is 17.1 Å². The van der Waals surface area contributed by atoms with Gasteiger partial charge in [-0.25, -0.2) is 0 Å². The molecule has 1 aromatic heterocycles. The Bertz CT molecular complexity index is 834. The molecule has 5 heteroatoms. The number of H-pyrrole nitrogens is 1. The summed E-state index contributed by atoms with van der Waals surface area (Å²) >= 11 is 0. The number of para-hydroxylation sites is 1. The van der Waals surface area contributed by atoms with Gasteiger partial charge in [-0.2, -0.15) is 0 Å². The molecule has 26 heavy (non-hydrogen) atoms. The zero-order valence-electron chi connectivity index (χ0n) is 14.9. The predicted octanol–water partition coefficient (Wildman–Crippen LogP) is 3.07. The summed E-state index contributed by atoms with van der Waals surface area (Å²) in [6, 6.07) is 7.93. The monoisotopic (exact) mass is 351 g/mol. The topological polar surface area (TPSA) is 74.0 Å². The predicted molar refractivity (Wildman–Crippen MR) is 98.9 cm³/mol. The summed E-state index contributed by atoms with van der Waals surface area (Å²) in [4.78, 5) is 28.4. The molecule has 0 spiro atoms. The molecule has 4 aliphatic rings. The molecule has 0 radical (unpaired) electrons. The van der Waals surface area contributed by atoms with E-state index in [9.17, 15) is 9.59 Å². The fourth-order valence-corrected chi connectivity index (χ4v) is 6.14. The van der Waals surface area contributed by atoms with E-state index in [4.69, 9.17) is 0 Å². The zero-order valence-corrected chi connectivity index (χ0v) is 14.9. The SMILES string of the molecule is O=C(Cc1c[nH]c2ccccc12)NNC(=O)C12CC3CC(CC(C3)C1)C2. The molecule has 0 saturated heterocycles. The standard InChI is InChI=1S/C21H25N3O2/c25-19(8-16-12-22-18-4-2-1-3-17(16)18)23-24-20(26)21-9-13-5-14(10-21)7-15(6-13)11-21/h1-4,12-15,22H,5-11H2,(H,23,25)(H,24,26). The highest BCUT2D eigenvalue weighted by molar-refractivity contribution is 5.90. The lowest BCUT2D eigenvalue weighted by Crippen LogP contribution is -2.56. The first-order valence-corrected chi connectivity index (χ1v) is 9.75. The van der Waals surface area contributed by atoms with E-state index in [-0.39, 0.29) is 23.7 Å². The summed E-state index contributed by atoms with van der Waals surface area (Å²) in [5, 5.41) is 1.05. The average molecular weight is 351 g/mol. The van der Waals surface area contributed by atoms with Gasteiger partial charge in [-0.15, -0.1) is 0 Å². The van der Waals surface area contributed by atoms with Crippen LogP contribution < -0.4 is 10.9 Å². The highest BCUT2D eigenvalue weighted by Crippen LogP contribution is 2.60. The Balaban J connectivity index is 1.22. The van der Waals surface area contributed by atoms with Crippen LogP contribution in [0.3, 0.4) is 0 Å². The van der Waals surface area contributed by atoms with E-state index in [1.165, 1.54) is 19.3 Å². The van der Waals surface area contributed by atoms with Crippen molar-refractivity contribution in [2.45, 2.75) is 44.9 Å². The van der Waals surface area contributed by atoms with Crippen LogP contribution in [0.25, 0.3) is 10.9 Å². The van der Waals surface area contributed by atoms with Crippen molar-refractivity contribution in [3.63, 3.8) is 0 Å². The maximum Gasteiger partial charge on any atom is 0.244 e. The lowest BCUT2D eigenvalue weighted by molar-refractivity contribution is -0.148. The van der Waals surface area contributed by atoms with E-state index in [0.29, 0.717) is 17.8 Å². The second-order valence-electron chi connectivity index (χ2n) is 8.74. The molecule has 1 heterocycles. The van der Waals surface area contributed by atoms with Crippen LogP contribution in [0, 0.1) is 23.2 Å². The highest BCUT2D eigenvalue weighted by Gasteiger charge is 2.54. The molecule has 4 fully saturated rings. The zero-order chi connectivity index (χ0) is 17.7. The number of fused-ring (bicyclic) bond motifs is 1. The molecule has 0 aliphatic heterocycles. The quantitative estimate of drug-likeness (QED) is 0.744. The number of hydrogen-bond acceptors (Lipinski definition) is 2.